The molecule has 2 aromatic carbocycles. The molecular weight excluding hydrogens is 414 g/mol. The molecule has 8 heteroatoms. The zero-order valence-electron chi connectivity index (χ0n) is 16.7. The van der Waals surface area contributed by atoms with E-state index in [-0.39, 0.29) is 10.6 Å². The molecule has 0 fully saturated rings. The lowest BCUT2D eigenvalue weighted by Crippen LogP contribution is -2.36. The van der Waals surface area contributed by atoms with Crippen molar-refractivity contribution in [3.63, 3.8) is 0 Å². The summed E-state index contributed by atoms with van der Waals surface area (Å²) >= 11 is 6.40. The number of nitrogens with one attached hydrogen (secondary N) is 1. The molecule has 31 heavy (non-hydrogen) atoms. The fraction of sp³-hybridized carbons (Fsp3) is 0.130. The third-order valence-corrected chi connectivity index (χ3v) is 5.70. The van der Waals surface area contributed by atoms with E-state index in [4.69, 9.17) is 11.6 Å². The van der Waals surface area contributed by atoms with Crippen molar-refractivity contribution in [2.45, 2.75) is 20.0 Å². The van der Waals surface area contributed by atoms with Crippen LogP contribution in [-0.4, -0.2) is 31.4 Å². The number of carbonyl (C=O) groups excluding carboxylic acids is 2. The van der Waals surface area contributed by atoms with Crippen LogP contribution in [0.1, 0.15) is 27.4 Å². The van der Waals surface area contributed by atoms with Crippen molar-refractivity contribution in [2.75, 3.05) is 4.90 Å². The zero-order chi connectivity index (χ0) is 21.5. The van der Waals surface area contributed by atoms with E-state index in [1.54, 1.807) is 25.1 Å². The number of benzene rings is 2. The Morgan fingerprint density at radius 3 is 2.68 bits per heavy atom. The number of aryl methyl sites for hydroxylation is 1. The van der Waals surface area contributed by atoms with Gasteiger partial charge in [-0.2, -0.15) is 5.10 Å². The van der Waals surface area contributed by atoms with Gasteiger partial charge >= 0.3 is 0 Å². The average Bonchev–Trinajstić information content (AvgIpc) is 3.37. The maximum absolute atomic E-state index is 13.3. The second-order valence-corrected chi connectivity index (χ2v) is 7.81. The van der Waals surface area contributed by atoms with E-state index < -0.39 is 11.7 Å². The molecule has 0 radical (unpaired) electrons. The fourth-order valence-corrected chi connectivity index (χ4v) is 4.09. The normalized spacial score (nSPS) is 12.8. The molecule has 0 unspecified atom stereocenters. The molecule has 0 saturated carbocycles. The van der Waals surface area contributed by atoms with Gasteiger partial charge in [0.2, 0.25) is 0 Å². The molecule has 3 heterocycles. The summed E-state index contributed by atoms with van der Waals surface area (Å²) in [6.07, 6.45) is 1.97. The van der Waals surface area contributed by atoms with E-state index in [1.165, 1.54) is 4.90 Å². The number of rotatable bonds is 3. The maximum atomic E-state index is 13.3. The number of hydrogen-bond acceptors (Lipinski definition) is 4. The van der Waals surface area contributed by atoms with Gasteiger partial charge in [0, 0.05) is 35.2 Å². The van der Waals surface area contributed by atoms with Crippen LogP contribution < -0.4 is 4.90 Å². The Labute approximate surface area is 183 Å². The molecule has 4 aromatic rings. The molecule has 1 aliphatic rings. The van der Waals surface area contributed by atoms with Crippen LogP contribution in [0.15, 0.2) is 60.8 Å². The van der Waals surface area contributed by atoms with E-state index in [2.05, 4.69) is 19.7 Å². The standard InChI is InChI=1S/C23H18ClN5O2/c1-14-25-22(27-26-14)15-8-9-18(19(24)11-15)21(30)23(31)29-13-17-6-4-10-28(17)12-16-5-2-3-7-20(16)29/h2-11H,12-13H2,1H3,(H,25,26,27). The second kappa shape index (κ2) is 7.52. The molecule has 1 aliphatic heterocycles. The van der Waals surface area contributed by atoms with Gasteiger partial charge in [0.15, 0.2) is 5.82 Å². The van der Waals surface area contributed by atoms with Gasteiger partial charge in [-0.3, -0.25) is 19.6 Å². The number of carbonyl (C=O) groups is 2. The Morgan fingerprint density at radius 2 is 1.90 bits per heavy atom. The Kier molecular flexibility index (Phi) is 4.67. The van der Waals surface area contributed by atoms with Crippen molar-refractivity contribution in [1.29, 1.82) is 0 Å². The molecule has 1 amide bonds. The highest BCUT2D eigenvalue weighted by Gasteiger charge is 2.30. The molecule has 0 saturated heterocycles. The number of Topliss-reactive ketones (excluding diaryl/α,β-unsaturated/α-hetero) is 1. The monoisotopic (exact) mass is 431 g/mol. The topological polar surface area (TPSA) is 83.9 Å². The van der Waals surface area contributed by atoms with Crippen molar-refractivity contribution in [3.8, 4) is 11.4 Å². The highest BCUT2D eigenvalue weighted by Crippen LogP contribution is 2.30. The number of aromatic amines is 1. The third-order valence-electron chi connectivity index (χ3n) is 5.39. The summed E-state index contributed by atoms with van der Waals surface area (Å²) in [7, 11) is 0. The Balaban J connectivity index is 1.49. The quantitative estimate of drug-likeness (QED) is 0.392. The summed E-state index contributed by atoms with van der Waals surface area (Å²) in [5, 5.41) is 7.01. The lowest BCUT2D eigenvalue weighted by Gasteiger charge is -2.22. The number of ketones is 1. The Bertz CT molecular complexity index is 1320. The van der Waals surface area contributed by atoms with Crippen molar-refractivity contribution in [3.05, 3.63) is 88.5 Å². The van der Waals surface area contributed by atoms with Crippen molar-refractivity contribution in [1.82, 2.24) is 19.7 Å². The van der Waals surface area contributed by atoms with E-state index in [9.17, 15) is 9.59 Å². The van der Waals surface area contributed by atoms with Crippen LogP contribution in [0.4, 0.5) is 5.69 Å². The number of nitrogens with zero attached hydrogens (tertiary/aromatic N) is 4. The van der Waals surface area contributed by atoms with Gasteiger partial charge in [0.25, 0.3) is 11.7 Å². The van der Waals surface area contributed by atoms with Crippen LogP contribution >= 0.6 is 11.6 Å². The van der Waals surface area contributed by atoms with E-state index in [1.807, 2.05) is 42.6 Å². The van der Waals surface area contributed by atoms with Crippen molar-refractivity contribution >= 4 is 29.0 Å². The molecule has 0 spiro atoms. The van der Waals surface area contributed by atoms with Gasteiger partial charge in [-0.1, -0.05) is 35.9 Å². The first kappa shape index (κ1) is 19.3. The van der Waals surface area contributed by atoms with Crippen LogP contribution in [-0.2, 0) is 17.9 Å². The number of para-hydroxylation sites is 1. The van der Waals surface area contributed by atoms with Gasteiger partial charge in [-0.05, 0) is 42.8 Å². The minimum absolute atomic E-state index is 0.156. The summed E-state index contributed by atoms with van der Waals surface area (Å²) in [5.74, 6) is -0.120. The highest BCUT2D eigenvalue weighted by molar-refractivity contribution is 6.50. The summed E-state index contributed by atoms with van der Waals surface area (Å²) in [6, 6.07) is 16.4. The van der Waals surface area contributed by atoms with Crippen LogP contribution in [0.25, 0.3) is 11.4 Å². The zero-order valence-corrected chi connectivity index (χ0v) is 17.4. The molecule has 0 bridgehead atoms. The van der Waals surface area contributed by atoms with Crippen LogP contribution in [0.5, 0.6) is 0 Å². The highest BCUT2D eigenvalue weighted by atomic mass is 35.5. The van der Waals surface area contributed by atoms with Crippen LogP contribution in [0, 0.1) is 6.92 Å². The summed E-state index contributed by atoms with van der Waals surface area (Å²) in [6.45, 7) is 2.72. The van der Waals surface area contributed by atoms with E-state index in [0.29, 0.717) is 30.3 Å². The minimum atomic E-state index is -0.653. The van der Waals surface area contributed by atoms with Crippen LogP contribution in [0.3, 0.4) is 0 Å². The Hall–Kier alpha value is -3.71. The average molecular weight is 432 g/mol. The van der Waals surface area contributed by atoms with Crippen LogP contribution in [0.2, 0.25) is 5.02 Å². The predicted molar refractivity (Wildman–Crippen MR) is 117 cm³/mol. The van der Waals surface area contributed by atoms with Crippen molar-refractivity contribution < 1.29 is 9.59 Å². The number of hydrogen-bond donors (Lipinski definition) is 1. The lowest BCUT2D eigenvalue weighted by molar-refractivity contribution is -0.114. The molecule has 2 aromatic heterocycles. The number of H-pyrrole nitrogens is 1. The van der Waals surface area contributed by atoms with Gasteiger partial charge in [0.1, 0.15) is 5.82 Å². The first-order chi connectivity index (χ1) is 15.0. The number of amides is 1. The number of fused-ring (bicyclic) bond motifs is 2. The van der Waals surface area contributed by atoms with Gasteiger partial charge in [0.05, 0.1) is 11.6 Å². The summed E-state index contributed by atoms with van der Waals surface area (Å²) in [4.78, 5) is 32.3. The van der Waals surface area contributed by atoms with Gasteiger partial charge < -0.3 is 4.57 Å². The van der Waals surface area contributed by atoms with Crippen molar-refractivity contribution in [2.24, 2.45) is 0 Å². The van der Waals surface area contributed by atoms with E-state index in [0.717, 1.165) is 16.9 Å². The fourth-order valence-electron chi connectivity index (χ4n) is 3.83. The van der Waals surface area contributed by atoms with Gasteiger partial charge in [-0.15, -0.1) is 0 Å². The van der Waals surface area contributed by atoms with Gasteiger partial charge in [-0.25, -0.2) is 4.98 Å². The lowest BCUT2D eigenvalue weighted by atomic mass is 10.1. The smallest absolute Gasteiger partial charge is 0.299 e. The maximum Gasteiger partial charge on any atom is 0.299 e. The summed E-state index contributed by atoms with van der Waals surface area (Å²) in [5.41, 5.74) is 3.51. The van der Waals surface area contributed by atoms with E-state index >= 15 is 0 Å². The molecule has 5 rings (SSSR count). The SMILES string of the molecule is Cc1n[nH]c(-c2ccc(C(=O)C(=O)N3Cc4cccn4Cc4ccccc43)c(Cl)c2)n1. The number of aromatic nitrogens is 4. The molecule has 154 valence electrons. The number of anilines is 1. The minimum Gasteiger partial charge on any atom is -0.345 e. The Morgan fingerprint density at radius 1 is 1.06 bits per heavy atom. The second-order valence-electron chi connectivity index (χ2n) is 7.40. The molecule has 0 aliphatic carbocycles. The molecule has 0 atom stereocenters. The number of halogens is 1. The molecule has 1 N–H and O–H groups in total. The first-order valence-corrected chi connectivity index (χ1v) is 10.2. The largest absolute Gasteiger partial charge is 0.345 e. The summed E-state index contributed by atoms with van der Waals surface area (Å²) < 4.78 is 2.08. The predicted octanol–water partition coefficient (Wildman–Crippen LogP) is 4.01. The molecular formula is C23H18ClN5O2. The third kappa shape index (κ3) is 3.43. The first-order valence-electron chi connectivity index (χ1n) is 9.78. The molecule has 7 nitrogen and oxygen atoms in total.